The van der Waals surface area contributed by atoms with Gasteiger partial charge in [-0.25, -0.2) is 0 Å². The van der Waals surface area contributed by atoms with Crippen molar-refractivity contribution in [1.82, 2.24) is 0 Å². The summed E-state index contributed by atoms with van der Waals surface area (Å²) in [6.07, 6.45) is 0. The summed E-state index contributed by atoms with van der Waals surface area (Å²) < 4.78 is 0. The SMILES string of the molecule is CC(C(=O)O)c1cccc(CBr)c1. The molecule has 0 aliphatic heterocycles. The molecule has 70 valence electrons. The summed E-state index contributed by atoms with van der Waals surface area (Å²) in [5.41, 5.74) is 1.95. The molecular weight excluding hydrogens is 232 g/mol. The lowest BCUT2D eigenvalue weighted by Gasteiger charge is -2.07. The van der Waals surface area contributed by atoms with Crippen LogP contribution in [0.25, 0.3) is 0 Å². The van der Waals surface area contributed by atoms with Gasteiger partial charge < -0.3 is 5.11 Å². The number of aliphatic carboxylic acids is 1. The van der Waals surface area contributed by atoms with E-state index in [1.807, 2.05) is 24.3 Å². The Hall–Kier alpha value is -0.830. The topological polar surface area (TPSA) is 37.3 Å². The van der Waals surface area contributed by atoms with Crippen molar-refractivity contribution in [2.45, 2.75) is 18.2 Å². The van der Waals surface area contributed by atoms with Crippen molar-refractivity contribution in [3.05, 3.63) is 35.4 Å². The Bertz CT molecular complexity index is 310. The Morgan fingerprint density at radius 1 is 1.62 bits per heavy atom. The zero-order valence-corrected chi connectivity index (χ0v) is 8.91. The standard InChI is InChI=1S/C10H11BrO2/c1-7(10(12)13)9-4-2-3-8(5-9)6-11/h2-5,7H,6H2,1H3,(H,12,13). The van der Waals surface area contributed by atoms with E-state index in [-0.39, 0.29) is 0 Å². The van der Waals surface area contributed by atoms with Gasteiger partial charge in [-0.05, 0) is 18.1 Å². The maximum Gasteiger partial charge on any atom is 0.310 e. The van der Waals surface area contributed by atoms with Gasteiger partial charge in [-0.3, -0.25) is 4.79 Å². The van der Waals surface area contributed by atoms with E-state index < -0.39 is 11.9 Å². The van der Waals surface area contributed by atoms with Crippen LogP contribution in [0.2, 0.25) is 0 Å². The third-order valence-electron chi connectivity index (χ3n) is 1.98. The number of carbonyl (C=O) groups is 1. The van der Waals surface area contributed by atoms with Crippen LogP contribution < -0.4 is 0 Å². The summed E-state index contributed by atoms with van der Waals surface area (Å²) in [6, 6.07) is 7.59. The number of alkyl halides is 1. The van der Waals surface area contributed by atoms with E-state index in [4.69, 9.17) is 5.11 Å². The zero-order chi connectivity index (χ0) is 9.84. The summed E-state index contributed by atoms with van der Waals surface area (Å²) >= 11 is 3.33. The molecule has 0 aromatic heterocycles. The summed E-state index contributed by atoms with van der Waals surface area (Å²) in [6.45, 7) is 1.69. The highest BCUT2D eigenvalue weighted by Gasteiger charge is 2.12. The number of benzene rings is 1. The van der Waals surface area contributed by atoms with E-state index in [0.717, 1.165) is 16.5 Å². The summed E-state index contributed by atoms with van der Waals surface area (Å²) in [7, 11) is 0. The molecule has 0 aliphatic carbocycles. The molecule has 0 radical (unpaired) electrons. The monoisotopic (exact) mass is 242 g/mol. The fraction of sp³-hybridized carbons (Fsp3) is 0.300. The Balaban J connectivity index is 2.94. The first-order valence-electron chi connectivity index (χ1n) is 4.02. The van der Waals surface area contributed by atoms with Crippen molar-refractivity contribution in [2.75, 3.05) is 0 Å². The highest BCUT2D eigenvalue weighted by Crippen LogP contribution is 2.17. The van der Waals surface area contributed by atoms with Crippen molar-refractivity contribution >= 4 is 21.9 Å². The van der Waals surface area contributed by atoms with E-state index in [2.05, 4.69) is 15.9 Å². The Kier molecular flexibility index (Phi) is 3.48. The molecular formula is C10H11BrO2. The molecule has 0 spiro atoms. The van der Waals surface area contributed by atoms with Gasteiger partial charge in [-0.1, -0.05) is 40.2 Å². The van der Waals surface area contributed by atoms with Crippen LogP contribution in [0, 0.1) is 0 Å². The largest absolute Gasteiger partial charge is 0.481 e. The second kappa shape index (κ2) is 4.42. The number of carboxylic acid groups (broad SMARTS) is 1. The molecule has 0 saturated heterocycles. The molecule has 0 saturated carbocycles. The van der Waals surface area contributed by atoms with Crippen LogP contribution in [0.1, 0.15) is 24.0 Å². The van der Waals surface area contributed by atoms with Gasteiger partial charge in [0.15, 0.2) is 0 Å². The minimum absolute atomic E-state index is 0.431. The minimum Gasteiger partial charge on any atom is -0.481 e. The number of carboxylic acids is 1. The molecule has 0 fully saturated rings. The molecule has 1 rings (SSSR count). The van der Waals surface area contributed by atoms with Crippen LogP contribution in [-0.4, -0.2) is 11.1 Å². The molecule has 13 heavy (non-hydrogen) atoms. The predicted molar refractivity (Wildman–Crippen MR) is 55.1 cm³/mol. The molecule has 2 nitrogen and oxygen atoms in total. The van der Waals surface area contributed by atoms with Crippen LogP contribution in [0.4, 0.5) is 0 Å². The Labute approximate surface area is 85.7 Å². The van der Waals surface area contributed by atoms with Crippen LogP contribution in [0.3, 0.4) is 0 Å². The van der Waals surface area contributed by atoms with Crippen molar-refractivity contribution in [3.8, 4) is 0 Å². The third-order valence-corrected chi connectivity index (χ3v) is 2.62. The van der Waals surface area contributed by atoms with Crippen LogP contribution >= 0.6 is 15.9 Å². The molecule has 1 unspecified atom stereocenters. The quantitative estimate of drug-likeness (QED) is 0.829. The van der Waals surface area contributed by atoms with E-state index in [9.17, 15) is 4.79 Å². The van der Waals surface area contributed by atoms with Crippen molar-refractivity contribution < 1.29 is 9.90 Å². The number of halogens is 1. The smallest absolute Gasteiger partial charge is 0.310 e. The van der Waals surface area contributed by atoms with Gasteiger partial charge in [-0.15, -0.1) is 0 Å². The lowest BCUT2D eigenvalue weighted by atomic mass is 10.00. The molecule has 0 heterocycles. The summed E-state index contributed by atoms with van der Waals surface area (Å²) in [5.74, 6) is -1.22. The van der Waals surface area contributed by atoms with E-state index in [0.29, 0.717) is 0 Å². The number of rotatable bonds is 3. The van der Waals surface area contributed by atoms with Crippen LogP contribution in [0.5, 0.6) is 0 Å². The molecule has 1 atom stereocenters. The van der Waals surface area contributed by atoms with Gasteiger partial charge in [0.1, 0.15) is 0 Å². The predicted octanol–water partition coefficient (Wildman–Crippen LogP) is 2.77. The fourth-order valence-electron chi connectivity index (χ4n) is 1.09. The molecule has 1 aromatic rings. The average Bonchev–Trinajstić information content (AvgIpc) is 2.16. The maximum atomic E-state index is 10.7. The van der Waals surface area contributed by atoms with Gasteiger partial charge >= 0.3 is 5.97 Å². The zero-order valence-electron chi connectivity index (χ0n) is 7.33. The number of hydrogen-bond donors (Lipinski definition) is 1. The maximum absolute atomic E-state index is 10.7. The fourth-order valence-corrected chi connectivity index (χ4v) is 1.44. The van der Waals surface area contributed by atoms with Gasteiger partial charge in [0, 0.05) is 5.33 Å². The van der Waals surface area contributed by atoms with Gasteiger partial charge in [0.05, 0.1) is 5.92 Å². The highest BCUT2D eigenvalue weighted by molar-refractivity contribution is 9.08. The van der Waals surface area contributed by atoms with E-state index >= 15 is 0 Å². The normalized spacial score (nSPS) is 12.5. The van der Waals surface area contributed by atoms with Crippen molar-refractivity contribution in [1.29, 1.82) is 0 Å². The molecule has 0 amide bonds. The molecule has 1 aromatic carbocycles. The Morgan fingerprint density at radius 3 is 2.85 bits per heavy atom. The summed E-state index contributed by atoms with van der Waals surface area (Å²) in [4.78, 5) is 10.7. The third kappa shape index (κ3) is 2.56. The van der Waals surface area contributed by atoms with E-state index in [1.165, 1.54) is 0 Å². The number of hydrogen-bond acceptors (Lipinski definition) is 1. The molecule has 0 bridgehead atoms. The van der Waals surface area contributed by atoms with E-state index in [1.54, 1.807) is 6.92 Å². The van der Waals surface area contributed by atoms with Crippen molar-refractivity contribution in [3.63, 3.8) is 0 Å². The van der Waals surface area contributed by atoms with Gasteiger partial charge in [-0.2, -0.15) is 0 Å². The van der Waals surface area contributed by atoms with Gasteiger partial charge in [0.2, 0.25) is 0 Å². The van der Waals surface area contributed by atoms with Crippen LogP contribution in [-0.2, 0) is 10.1 Å². The molecule has 3 heteroatoms. The first-order valence-corrected chi connectivity index (χ1v) is 5.15. The second-order valence-corrected chi connectivity index (χ2v) is 3.50. The summed E-state index contributed by atoms with van der Waals surface area (Å²) in [5, 5.41) is 9.54. The second-order valence-electron chi connectivity index (χ2n) is 2.94. The highest BCUT2D eigenvalue weighted by atomic mass is 79.9. The lowest BCUT2D eigenvalue weighted by Crippen LogP contribution is -2.07. The lowest BCUT2D eigenvalue weighted by molar-refractivity contribution is -0.138. The van der Waals surface area contributed by atoms with Crippen LogP contribution in [0.15, 0.2) is 24.3 Å². The first-order chi connectivity index (χ1) is 6.15. The molecule has 0 aliphatic rings. The Morgan fingerprint density at radius 2 is 2.31 bits per heavy atom. The van der Waals surface area contributed by atoms with Gasteiger partial charge in [0.25, 0.3) is 0 Å². The minimum atomic E-state index is -0.785. The van der Waals surface area contributed by atoms with Crippen molar-refractivity contribution in [2.24, 2.45) is 0 Å². The average molecular weight is 243 g/mol. The first kappa shape index (κ1) is 10.3. The molecule has 1 N–H and O–H groups in total.